The first kappa shape index (κ1) is 18.1. The van der Waals surface area contributed by atoms with Gasteiger partial charge in [-0.15, -0.1) is 0 Å². The first-order valence-electron chi connectivity index (χ1n) is 8.09. The van der Waals surface area contributed by atoms with Crippen LogP contribution in [0.3, 0.4) is 0 Å². The molecular formula is C18H20Cl2N2O3. The van der Waals surface area contributed by atoms with Crippen LogP contribution >= 0.6 is 23.2 Å². The van der Waals surface area contributed by atoms with Crippen molar-refractivity contribution in [3.05, 3.63) is 45.6 Å². The van der Waals surface area contributed by atoms with E-state index in [2.05, 4.69) is 25.8 Å². The van der Waals surface area contributed by atoms with Crippen LogP contribution in [0.5, 0.6) is 5.75 Å². The van der Waals surface area contributed by atoms with E-state index >= 15 is 0 Å². The van der Waals surface area contributed by atoms with E-state index in [0.29, 0.717) is 41.2 Å². The number of amides is 1. The van der Waals surface area contributed by atoms with Crippen molar-refractivity contribution in [1.82, 2.24) is 9.88 Å². The van der Waals surface area contributed by atoms with Gasteiger partial charge in [-0.25, -0.2) is 4.98 Å². The van der Waals surface area contributed by atoms with E-state index < -0.39 is 0 Å². The number of ether oxygens (including phenoxy) is 1. The van der Waals surface area contributed by atoms with E-state index in [-0.39, 0.29) is 17.9 Å². The molecule has 2 aromatic rings. The standard InChI is InChI=1S/C18H20Cl2N2O3/c1-18(2,3)17-21-13-9-22(7-6-15(13)25-17)16(23)10-24-14-5-4-11(19)8-12(14)20/h4-5,8H,6-7,9-10H2,1-3H3. The summed E-state index contributed by atoms with van der Waals surface area (Å²) in [6.45, 7) is 7.10. The van der Waals surface area contributed by atoms with Crippen LogP contribution < -0.4 is 4.74 Å². The summed E-state index contributed by atoms with van der Waals surface area (Å²) in [6.07, 6.45) is 0.659. The molecule has 0 unspecified atom stereocenters. The third kappa shape index (κ3) is 4.10. The molecule has 1 aromatic carbocycles. The van der Waals surface area contributed by atoms with Crippen molar-refractivity contribution < 1.29 is 13.9 Å². The Bertz CT molecular complexity index is 796. The lowest BCUT2D eigenvalue weighted by Crippen LogP contribution is -2.38. The highest BCUT2D eigenvalue weighted by Crippen LogP contribution is 2.29. The van der Waals surface area contributed by atoms with Gasteiger partial charge in [-0.1, -0.05) is 44.0 Å². The van der Waals surface area contributed by atoms with Crippen LogP contribution in [0.1, 0.15) is 38.1 Å². The van der Waals surface area contributed by atoms with E-state index in [1.807, 2.05) is 0 Å². The summed E-state index contributed by atoms with van der Waals surface area (Å²) in [4.78, 5) is 18.7. The van der Waals surface area contributed by atoms with Crippen molar-refractivity contribution in [2.24, 2.45) is 0 Å². The second-order valence-corrected chi connectivity index (χ2v) is 7.91. The largest absolute Gasteiger partial charge is 0.482 e. The molecule has 1 aromatic heterocycles. The second-order valence-electron chi connectivity index (χ2n) is 7.07. The molecule has 0 bridgehead atoms. The number of oxazole rings is 1. The molecule has 5 nitrogen and oxygen atoms in total. The van der Waals surface area contributed by atoms with Crippen LogP contribution in [-0.2, 0) is 23.2 Å². The number of fused-ring (bicyclic) bond motifs is 1. The molecule has 1 amide bonds. The highest BCUT2D eigenvalue weighted by atomic mass is 35.5. The predicted octanol–water partition coefficient (Wildman–Crippen LogP) is 4.24. The number of hydrogen-bond donors (Lipinski definition) is 0. The quantitative estimate of drug-likeness (QED) is 0.796. The zero-order valence-corrected chi connectivity index (χ0v) is 15.9. The smallest absolute Gasteiger partial charge is 0.260 e. The van der Waals surface area contributed by atoms with E-state index in [0.717, 1.165) is 11.5 Å². The van der Waals surface area contributed by atoms with Gasteiger partial charge in [0.05, 0.1) is 11.6 Å². The molecule has 25 heavy (non-hydrogen) atoms. The van der Waals surface area contributed by atoms with Crippen LogP contribution in [0.4, 0.5) is 0 Å². The summed E-state index contributed by atoms with van der Waals surface area (Å²) in [6, 6.07) is 4.91. The topological polar surface area (TPSA) is 55.6 Å². The predicted molar refractivity (Wildman–Crippen MR) is 96.3 cm³/mol. The summed E-state index contributed by atoms with van der Waals surface area (Å²) in [5, 5.41) is 0.903. The molecule has 0 aliphatic carbocycles. The summed E-state index contributed by atoms with van der Waals surface area (Å²) in [5.74, 6) is 1.90. The third-order valence-corrected chi connectivity index (χ3v) is 4.50. The number of rotatable bonds is 3. The van der Waals surface area contributed by atoms with E-state index in [9.17, 15) is 4.79 Å². The Kier molecular flexibility index (Phi) is 4.98. The second kappa shape index (κ2) is 6.89. The van der Waals surface area contributed by atoms with Crippen molar-refractivity contribution in [1.29, 1.82) is 0 Å². The van der Waals surface area contributed by atoms with Crippen LogP contribution in [0.25, 0.3) is 0 Å². The fourth-order valence-electron chi connectivity index (χ4n) is 2.56. The van der Waals surface area contributed by atoms with Crippen molar-refractivity contribution in [2.75, 3.05) is 13.2 Å². The van der Waals surface area contributed by atoms with E-state index in [1.165, 1.54) is 0 Å². The molecule has 1 aliphatic rings. The summed E-state index contributed by atoms with van der Waals surface area (Å²) < 4.78 is 11.4. The lowest BCUT2D eigenvalue weighted by atomic mass is 9.97. The minimum atomic E-state index is -0.152. The number of nitrogens with zero attached hydrogens (tertiary/aromatic N) is 2. The molecule has 0 spiro atoms. The molecule has 3 rings (SSSR count). The Labute approximate surface area is 156 Å². The van der Waals surface area contributed by atoms with Gasteiger partial charge in [0.1, 0.15) is 17.2 Å². The number of carbonyl (C=O) groups is 1. The van der Waals surface area contributed by atoms with Crippen molar-refractivity contribution >= 4 is 29.1 Å². The van der Waals surface area contributed by atoms with Gasteiger partial charge in [-0.05, 0) is 18.2 Å². The summed E-state index contributed by atoms with van der Waals surface area (Å²) >= 11 is 11.9. The van der Waals surface area contributed by atoms with Gasteiger partial charge < -0.3 is 14.1 Å². The van der Waals surface area contributed by atoms with Gasteiger partial charge >= 0.3 is 0 Å². The fourth-order valence-corrected chi connectivity index (χ4v) is 3.02. The maximum absolute atomic E-state index is 12.4. The molecular weight excluding hydrogens is 363 g/mol. The van der Waals surface area contributed by atoms with Crippen molar-refractivity contribution in [3.63, 3.8) is 0 Å². The average Bonchev–Trinajstić information content (AvgIpc) is 2.97. The minimum Gasteiger partial charge on any atom is -0.482 e. The first-order chi connectivity index (χ1) is 11.7. The average molecular weight is 383 g/mol. The van der Waals surface area contributed by atoms with Gasteiger partial charge in [0.2, 0.25) is 0 Å². The van der Waals surface area contributed by atoms with Crippen LogP contribution in [0.2, 0.25) is 10.0 Å². The molecule has 0 saturated carbocycles. The molecule has 134 valence electrons. The molecule has 0 atom stereocenters. The first-order valence-corrected chi connectivity index (χ1v) is 8.84. The highest BCUT2D eigenvalue weighted by Gasteiger charge is 2.29. The Morgan fingerprint density at radius 2 is 2.12 bits per heavy atom. The van der Waals surface area contributed by atoms with Gasteiger partial charge in [-0.3, -0.25) is 4.79 Å². The fraction of sp³-hybridized carbons (Fsp3) is 0.444. The molecule has 0 radical (unpaired) electrons. The van der Waals surface area contributed by atoms with Crippen LogP contribution in [0.15, 0.2) is 22.6 Å². The third-order valence-electron chi connectivity index (χ3n) is 3.97. The number of carbonyl (C=O) groups excluding carboxylic acids is 1. The molecule has 0 saturated heterocycles. The van der Waals surface area contributed by atoms with Crippen molar-refractivity contribution in [3.8, 4) is 5.75 Å². The zero-order valence-electron chi connectivity index (χ0n) is 14.4. The zero-order chi connectivity index (χ0) is 18.2. The summed E-state index contributed by atoms with van der Waals surface area (Å²) in [5.41, 5.74) is 0.676. The maximum atomic E-state index is 12.4. The normalized spacial score (nSPS) is 14.4. The number of aromatic nitrogens is 1. The monoisotopic (exact) mass is 382 g/mol. The number of halogens is 2. The van der Waals surface area contributed by atoms with Crippen LogP contribution in [-0.4, -0.2) is 28.9 Å². The van der Waals surface area contributed by atoms with Crippen molar-refractivity contribution in [2.45, 2.75) is 39.2 Å². The Balaban J connectivity index is 1.63. The number of hydrogen-bond acceptors (Lipinski definition) is 4. The molecule has 1 aliphatic heterocycles. The van der Waals surface area contributed by atoms with Gasteiger partial charge in [0.15, 0.2) is 12.5 Å². The molecule has 0 fully saturated rings. The molecule has 2 heterocycles. The number of benzene rings is 1. The SMILES string of the molecule is CC(C)(C)c1nc2c(o1)CCN(C(=O)COc1ccc(Cl)cc1Cl)C2. The Hall–Kier alpha value is -1.72. The lowest BCUT2D eigenvalue weighted by Gasteiger charge is -2.25. The van der Waals surface area contributed by atoms with E-state index in [4.69, 9.17) is 32.4 Å². The summed E-state index contributed by atoms with van der Waals surface area (Å²) in [7, 11) is 0. The Morgan fingerprint density at radius 3 is 2.80 bits per heavy atom. The van der Waals surface area contributed by atoms with Gasteiger partial charge in [0, 0.05) is 23.4 Å². The minimum absolute atomic E-state index is 0.0827. The maximum Gasteiger partial charge on any atom is 0.260 e. The molecule has 0 N–H and O–H groups in total. The lowest BCUT2D eigenvalue weighted by molar-refractivity contribution is -0.134. The van der Waals surface area contributed by atoms with Crippen LogP contribution in [0, 0.1) is 0 Å². The van der Waals surface area contributed by atoms with E-state index in [1.54, 1.807) is 23.1 Å². The van der Waals surface area contributed by atoms with Gasteiger partial charge in [-0.2, -0.15) is 0 Å². The highest BCUT2D eigenvalue weighted by molar-refractivity contribution is 6.35. The van der Waals surface area contributed by atoms with Gasteiger partial charge in [0.25, 0.3) is 5.91 Å². The molecule has 7 heteroatoms. The Morgan fingerprint density at radius 1 is 1.36 bits per heavy atom.